The lowest BCUT2D eigenvalue weighted by atomic mass is 9.92. The fraction of sp³-hybridized carbons (Fsp3) is 0. The Balaban J connectivity index is 1.23. The molecule has 0 aliphatic carbocycles. The first-order chi connectivity index (χ1) is 24.7. The first-order valence-corrected chi connectivity index (χ1v) is 16.3. The maximum atomic E-state index is 10.6. The number of rotatable bonds is 4. The van der Waals surface area contributed by atoms with Gasteiger partial charge < -0.3 is 9.13 Å². The summed E-state index contributed by atoms with van der Waals surface area (Å²) in [5.41, 5.74) is 10.7. The number of hydrogen-bond donors (Lipinski definition) is 0. The molecule has 0 saturated carbocycles. The third-order valence-corrected chi connectivity index (χ3v) is 9.61. The highest BCUT2D eigenvalue weighted by molar-refractivity contribution is 6.11. The zero-order valence-electron chi connectivity index (χ0n) is 26.7. The third kappa shape index (κ3) is 4.31. The van der Waals surface area contributed by atoms with Gasteiger partial charge in [-0.1, -0.05) is 91.0 Å². The van der Waals surface area contributed by atoms with Crippen LogP contribution in [0.3, 0.4) is 0 Å². The van der Waals surface area contributed by atoms with E-state index in [0.29, 0.717) is 22.3 Å². The molecule has 0 saturated heterocycles. The van der Waals surface area contributed by atoms with Gasteiger partial charge in [-0.3, -0.25) is 0 Å². The summed E-state index contributed by atoms with van der Waals surface area (Å²) < 4.78 is 4.38. The SMILES string of the molecule is N#Cc1ccc2c(c1)c1ccccc1n2-c1ccccc1-c1cccc(-c2c(C#N)cc(-n3c4ccccc4c4ccccc43)cc2C#N)c1. The van der Waals surface area contributed by atoms with Gasteiger partial charge in [-0.2, -0.15) is 15.8 Å². The fourth-order valence-electron chi connectivity index (χ4n) is 7.50. The highest BCUT2D eigenvalue weighted by Gasteiger charge is 2.20. The van der Waals surface area contributed by atoms with E-state index < -0.39 is 0 Å². The molecular weight excluding hydrogens is 611 g/mol. The summed E-state index contributed by atoms with van der Waals surface area (Å²) in [4.78, 5) is 0. The fourth-order valence-corrected chi connectivity index (χ4v) is 7.50. The van der Waals surface area contributed by atoms with E-state index in [1.807, 2.05) is 91.0 Å². The molecule has 0 bridgehead atoms. The Morgan fingerprint density at radius 3 is 1.58 bits per heavy atom. The minimum Gasteiger partial charge on any atom is -0.309 e. The number of nitrogens with zero attached hydrogens (tertiary/aromatic N) is 5. The maximum absolute atomic E-state index is 10.6. The zero-order valence-corrected chi connectivity index (χ0v) is 26.7. The highest BCUT2D eigenvalue weighted by Crippen LogP contribution is 2.39. The summed E-state index contributed by atoms with van der Waals surface area (Å²) in [7, 11) is 0. The summed E-state index contributed by atoms with van der Waals surface area (Å²) >= 11 is 0. The predicted molar refractivity (Wildman–Crippen MR) is 200 cm³/mol. The second kappa shape index (κ2) is 11.4. The molecule has 0 spiro atoms. The quantitative estimate of drug-likeness (QED) is 0.193. The van der Waals surface area contributed by atoms with E-state index in [1.54, 1.807) is 0 Å². The van der Waals surface area contributed by atoms with Crippen molar-refractivity contribution in [2.75, 3.05) is 0 Å². The van der Waals surface area contributed by atoms with Crippen molar-refractivity contribution in [3.8, 4) is 51.8 Å². The molecule has 7 aromatic carbocycles. The molecule has 0 radical (unpaired) electrons. The minimum atomic E-state index is 0.432. The van der Waals surface area contributed by atoms with E-state index >= 15 is 0 Å². The molecule has 2 aromatic heterocycles. The van der Waals surface area contributed by atoms with Crippen molar-refractivity contribution < 1.29 is 0 Å². The standard InChI is InChI=1S/C45H25N5/c46-26-29-20-21-44-39(22-29)38-15-4-8-19-43(38)50(44)40-16-5-1-12-35(40)30-10-9-11-31(23-30)45-32(27-47)24-34(25-33(45)28-48)49-41-17-6-2-13-36(41)37-14-3-7-18-42(37)49/h1-25H. The Morgan fingerprint density at radius 2 is 0.940 bits per heavy atom. The molecule has 0 unspecified atom stereocenters. The lowest BCUT2D eigenvalue weighted by molar-refractivity contribution is 1.17. The van der Waals surface area contributed by atoms with Crippen LogP contribution in [0.1, 0.15) is 16.7 Å². The first kappa shape index (κ1) is 28.8. The topological polar surface area (TPSA) is 81.2 Å². The van der Waals surface area contributed by atoms with Crippen molar-refractivity contribution >= 4 is 43.6 Å². The Hall–Kier alpha value is -7.39. The lowest BCUT2D eigenvalue weighted by Gasteiger charge is -2.16. The van der Waals surface area contributed by atoms with E-state index in [0.717, 1.165) is 71.7 Å². The molecule has 5 nitrogen and oxygen atoms in total. The maximum Gasteiger partial charge on any atom is 0.0999 e. The molecule has 9 rings (SSSR count). The number of nitriles is 3. The molecule has 2 heterocycles. The Bertz CT molecular complexity index is 2880. The Labute approximate surface area is 287 Å². The van der Waals surface area contributed by atoms with Gasteiger partial charge in [0.1, 0.15) is 0 Å². The molecule has 0 aliphatic heterocycles. The first-order valence-electron chi connectivity index (χ1n) is 16.3. The highest BCUT2D eigenvalue weighted by atomic mass is 15.0. The average molecular weight is 636 g/mol. The van der Waals surface area contributed by atoms with Gasteiger partial charge in [0.05, 0.1) is 62.7 Å². The second-order valence-corrected chi connectivity index (χ2v) is 12.3. The smallest absolute Gasteiger partial charge is 0.0999 e. The van der Waals surface area contributed by atoms with E-state index in [9.17, 15) is 15.8 Å². The van der Waals surface area contributed by atoms with E-state index in [1.165, 1.54) is 0 Å². The average Bonchev–Trinajstić information content (AvgIpc) is 3.70. The van der Waals surface area contributed by atoms with Crippen molar-refractivity contribution in [2.24, 2.45) is 0 Å². The normalized spacial score (nSPS) is 11.1. The minimum absolute atomic E-state index is 0.432. The van der Waals surface area contributed by atoms with Gasteiger partial charge in [0.2, 0.25) is 0 Å². The molecule has 0 fully saturated rings. The van der Waals surface area contributed by atoms with Crippen LogP contribution in [0.4, 0.5) is 0 Å². The molecule has 0 amide bonds. The molecular formula is C45H25N5. The van der Waals surface area contributed by atoms with Crippen molar-refractivity contribution in [3.63, 3.8) is 0 Å². The molecule has 230 valence electrons. The van der Waals surface area contributed by atoms with Crippen LogP contribution in [0.5, 0.6) is 0 Å². The molecule has 0 N–H and O–H groups in total. The second-order valence-electron chi connectivity index (χ2n) is 12.3. The van der Waals surface area contributed by atoms with E-state index in [-0.39, 0.29) is 0 Å². The van der Waals surface area contributed by atoms with Crippen LogP contribution >= 0.6 is 0 Å². The number of benzene rings is 7. The summed E-state index contributed by atoms with van der Waals surface area (Å²) in [6.45, 7) is 0. The molecule has 50 heavy (non-hydrogen) atoms. The molecule has 5 heteroatoms. The summed E-state index contributed by atoms with van der Waals surface area (Å²) in [5, 5.41) is 35.1. The van der Waals surface area contributed by atoms with Gasteiger partial charge in [0, 0.05) is 38.4 Å². The van der Waals surface area contributed by atoms with Crippen LogP contribution in [0.15, 0.2) is 152 Å². The Morgan fingerprint density at radius 1 is 0.400 bits per heavy atom. The van der Waals surface area contributed by atoms with E-state index in [2.05, 4.69) is 88.0 Å². The van der Waals surface area contributed by atoms with Gasteiger partial charge in [0.25, 0.3) is 0 Å². The van der Waals surface area contributed by atoms with Crippen molar-refractivity contribution in [1.29, 1.82) is 15.8 Å². The van der Waals surface area contributed by atoms with Crippen LogP contribution in [-0.2, 0) is 0 Å². The van der Waals surface area contributed by atoms with Crippen molar-refractivity contribution in [1.82, 2.24) is 9.13 Å². The predicted octanol–water partition coefficient (Wildman–Crippen LogP) is 10.8. The van der Waals surface area contributed by atoms with Crippen LogP contribution in [-0.4, -0.2) is 9.13 Å². The monoisotopic (exact) mass is 635 g/mol. The van der Waals surface area contributed by atoms with Gasteiger partial charge in [-0.25, -0.2) is 0 Å². The van der Waals surface area contributed by atoms with E-state index in [4.69, 9.17) is 0 Å². The van der Waals surface area contributed by atoms with Crippen LogP contribution < -0.4 is 0 Å². The summed E-state index contributed by atoms with van der Waals surface area (Å²) in [5.74, 6) is 0. The largest absolute Gasteiger partial charge is 0.309 e. The number of hydrogen-bond acceptors (Lipinski definition) is 3. The summed E-state index contributed by atoms with van der Waals surface area (Å²) in [6.07, 6.45) is 0. The zero-order chi connectivity index (χ0) is 33.8. The summed E-state index contributed by atoms with van der Waals surface area (Å²) in [6, 6.07) is 57.7. The van der Waals surface area contributed by atoms with Crippen molar-refractivity contribution in [3.05, 3.63) is 168 Å². The van der Waals surface area contributed by atoms with Gasteiger partial charge in [0.15, 0.2) is 0 Å². The van der Waals surface area contributed by atoms with Crippen LogP contribution in [0.25, 0.3) is 77.2 Å². The number of para-hydroxylation sites is 4. The van der Waals surface area contributed by atoms with Crippen LogP contribution in [0.2, 0.25) is 0 Å². The molecule has 9 aromatic rings. The molecule has 0 aliphatic rings. The third-order valence-electron chi connectivity index (χ3n) is 9.61. The van der Waals surface area contributed by atoms with Gasteiger partial charge in [-0.05, 0) is 71.8 Å². The van der Waals surface area contributed by atoms with Crippen LogP contribution in [0, 0.1) is 34.0 Å². The van der Waals surface area contributed by atoms with Gasteiger partial charge in [-0.15, -0.1) is 0 Å². The Kier molecular flexibility index (Phi) is 6.56. The van der Waals surface area contributed by atoms with Crippen molar-refractivity contribution in [2.45, 2.75) is 0 Å². The number of aromatic nitrogens is 2. The lowest BCUT2D eigenvalue weighted by Crippen LogP contribution is -1.99. The number of fused-ring (bicyclic) bond motifs is 6. The molecule has 0 atom stereocenters. The van der Waals surface area contributed by atoms with Gasteiger partial charge >= 0.3 is 0 Å².